The number of aryl methyl sites for hydroxylation is 1. The van der Waals surface area contributed by atoms with Gasteiger partial charge in [0.15, 0.2) is 18.1 Å². The second kappa shape index (κ2) is 7.94. The van der Waals surface area contributed by atoms with Gasteiger partial charge in [-0.3, -0.25) is 14.9 Å². The van der Waals surface area contributed by atoms with Crippen LogP contribution in [0.4, 0.5) is 11.4 Å². The lowest BCUT2D eigenvalue weighted by molar-refractivity contribution is -0.384. The number of amides is 1. The third-order valence-corrected chi connectivity index (χ3v) is 4.25. The number of hydrogen-bond donors (Lipinski definition) is 1. The number of carbonyl (C=O) groups is 1. The van der Waals surface area contributed by atoms with Gasteiger partial charge >= 0.3 is 0 Å². The predicted molar refractivity (Wildman–Crippen MR) is 98.7 cm³/mol. The molecule has 1 aliphatic rings. The molecule has 1 amide bonds. The van der Waals surface area contributed by atoms with E-state index in [0.717, 1.165) is 11.1 Å². The predicted octanol–water partition coefficient (Wildman–Crippen LogP) is 3.39. The average Bonchev–Trinajstić information content (AvgIpc) is 2.87. The van der Waals surface area contributed by atoms with Crippen molar-refractivity contribution in [1.29, 1.82) is 0 Å². The first kappa shape index (κ1) is 18.5. The number of nitro groups is 1. The molecule has 142 valence electrons. The Kier molecular flexibility index (Phi) is 5.44. The maximum Gasteiger partial charge on any atom is 0.296 e. The van der Waals surface area contributed by atoms with Crippen molar-refractivity contribution in [3.63, 3.8) is 0 Å². The van der Waals surface area contributed by atoms with Crippen molar-refractivity contribution in [1.82, 2.24) is 0 Å². The average molecular weight is 372 g/mol. The zero-order valence-electron chi connectivity index (χ0n) is 15.1. The van der Waals surface area contributed by atoms with Gasteiger partial charge in [-0.1, -0.05) is 12.1 Å². The Hall–Kier alpha value is -3.29. The minimum Gasteiger partial charge on any atom is -0.489 e. The molecule has 0 radical (unpaired) electrons. The van der Waals surface area contributed by atoms with Crippen LogP contribution in [0.5, 0.6) is 17.2 Å². The Labute approximate surface area is 156 Å². The van der Waals surface area contributed by atoms with Crippen LogP contribution in [0.25, 0.3) is 0 Å². The first-order valence-electron chi connectivity index (χ1n) is 8.52. The van der Waals surface area contributed by atoms with Crippen LogP contribution in [0.1, 0.15) is 17.5 Å². The van der Waals surface area contributed by atoms with Gasteiger partial charge in [0.1, 0.15) is 11.4 Å². The van der Waals surface area contributed by atoms with Gasteiger partial charge in [0.25, 0.3) is 11.6 Å². The van der Waals surface area contributed by atoms with Crippen molar-refractivity contribution in [2.24, 2.45) is 0 Å². The van der Waals surface area contributed by atoms with Gasteiger partial charge in [-0.2, -0.15) is 0 Å². The van der Waals surface area contributed by atoms with Gasteiger partial charge in [-0.15, -0.1) is 0 Å². The Balaban J connectivity index is 1.75. The molecule has 2 aromatic rings. The van der Waals surface area contributed by atoms with Crippen LogP contribution in [0.15, 0.2) is 30.3 Å². The van der Waals surface area contributed by atoms with Crippen LogP contribution >= 0.6 is 0 Å². The second-order valence-corrected chi connectivity index (χ2v) is 6.16. The Morgan fingerprint density at radius 2 is 1.93 bits per heavy atom. The van der Waals surface area contributed by atoms with Gasteiger partial charge < -0.3 is 19.5 Å². The number of benzene rings is 2. The van der Waals surface area contributed by atoms with Crippen molar-refractivity contribution < 1.29 is 23.9 Å². The highest BCUT2D eigenvalue weighted by molar-refractivity contribution is 5.94. The lowest BCUT2D eigenvalue weighted by Gasteiger charge is -2.13. The monoisotopic (exact) mass is 372 g/mol. The minimum atomic E-state index is -0.574. The highest BCUT2D eigenvalue weighted by Gasteiger charge is 2.23. The van der Waals surface area contributed by atoms with Crippen LogP contribution in [-0.2, 0) is 4.79 Å². The number of hydrogen-bond acceptors (Lipinski definition) is 6. The summed E-state index contributed by atoms with van der Waals surface area (Å²) in [6.07, 6.45) is 0.674. The Morgan fingerprint density at radius 1 is 1.22 bits per heavy atom. The van der Waals surface area contributed by atoms with Gasteiger partial charge in [0, 0.05) is 12.5 Å². The van der Waals surface area contributed by atoms with E-state index in [9.17, 15) is 14.9 Å². The molecule has 8 heteroatoms. The maximum absolute atomic E-state index is 12.3. The molecule has 0 aromatic heterocycles. The molecule has 2 aromatic carbocycles. The minimum absolute atomic E-state index is 0.0406. The molecule has 27 heavy (non-hydrogen) atoms. The lowest BCUT2D eigenvalue weighted by Crippen LogP contribution is -2.21. The quantitative estimate of drug-likeness (QED) is 0.638. The van der Waals surface area contributed by atoms with E-state index >= 15 is 0 Å². The molecule has 0 saturated heterocycles. The van der Waals surface area contributed by atoms with Gasteiger partial charge in [0.05, 0.1) is 24.2 Å². The van der Waals surface area contributed by atoms with Crippen molar-refractivity contribution in [3.05, 3.63) is 51.6 Å². The Bertz CT molecular complexity index is 881. The van der Waals surface area contributed by atoms with Crippen molar-refractivity contribution in [2.75, 3.05) is 25.1 Å². The molecule has 0 atom stereocenters. The third-order valence-electron chi connectivity index (χ3n) is 4.25. The molecule has 3 rings (SSSR count). The first-order valence-corrected chi connectivity index (χ1v) is 8.52. The molecular weight excluding hydrogens is 352 g/mol. The van der Waals surface area contributed by atoms with Crippen LogP contribution in [0.3, 0.4) is 0 Å². The van der Waals surface area contributed by atoms with E-state index in [4.69, 9.17) is 14.2 Å². The van der Waals surface area contributed by atoms with Gasteiger partial charge in [-0.05, 0) is 31.0 Å². The van der Waals surface area contributed by atoms with E-state index in [1.54, 1.807) is 6.07 Å². The summed E-state index contributed by atoms with van der Waals surface area (Å²) in [6.45, 7) is 4.43. The number of fused-ring (bicyclic) bond motifs is 1. The molecule has 0 fully saturated rings. The van der Waals surface area contributed by atoms with Crippen molar-refractivity contribution >= 4 is 17.3 Å². The number of ether oxygens (including phenoxy) is 3. The largest absolute Gasteiger partial charge is 0.489 e. The van der Waals surface area contributed by atoms with E-state index in [-0.39, 0.29) is 18.0 Å². The molecule has 1 aliphatic heterocycles. The fourth-order valence-electron chi connectivity index (χ4n) is 2.66. The summed E-state index contributed by atoms with van der Waals surface area (Å²) in [5, 5.41) is 13.9. The van der Waals surface area contributed by atoms with E-state index in [1.165, 1.54) is 12.1 Å². The zero-order valence-corrected chi connectivity index (χ0v) is 15.1. The number of nitrogens with one attached hydrogen (secondary N) is 1. The standard InChI is InChI=1S/C19H20N2O6/c1-12-5-3-6-16(13(12)2)27-11-19(22)20-14-9-17-18(10-15(14)21(23)24)26-8-4-7-25-17/h3,5-6,9-10H,4,7-8,11H2,1-2H3,(H,20,22). The second-order valence-electron chi connectivity index (χ2n) is 6.16. The number of nitrogens with zero attached hydrogens (tertiary/aromatic N) is 1. The molecule has 0 unspecified atom stereocenters. The number of rotatable bonds is 5. The summed E-state index contributed by atoms with van der Waals surface area (Å²) < 4.78 is 16.5. The van der Waals surface area contributed by atoms with E-state index in [0.29, 0.717) is 36.9 Å². The molecule has 0 aliphatic carbocycles. The van der Waals surface area contributed by atoms with Crippen LogP contribution in [-0.4, -0.2) is 30.7 Å². The zero-order chi connectivity index (χ0) is 19.4. The number of carbonyl (C=O) groups excluding carboxylic acids is 1. The smallest absolute Gasteiger partial charge is 0.296 e. The summed E-state index contributed by atoms with van der Waals surface area (Å²) in [4.78, 5) is 23.1. The highest BCUT2D eigenvalue weighted by Crippen LogP contribution is 2.39. The van der Waals surface area contributed by atoms with Crippen molar-refractivity contribution in [3.8, 4) is 17.2 Å². The van der Waals surface area contributed by atoms with Gasteiger partial charge in [-0.25, -0.2) is 0 Å². The summed E-state index contributed by atoms with van der Waals surface area (Å²) in [6, 6.07) is 8.23. The molecule has 8 nitrogen and oxygen atoms in total. The van der Waals surface area contributed by atoms with E-state index in [1.807, 2.05) is 26.0 Å². The topological polar surface area (TPSA) is 99.9 Å². The van der Waals surface area contributed by atoms with Crippen LogP contribution in [0, 0.1) is 24.0 Å². The summed E-state index contributed by atoms with van der Waals surface area (Å²) in [7, 11) is 0. The van der Waals surface area contributed by atoms with Gasteiger partial charge in [0.2, 0.25) is 0 Å². The summed E-state index contributed by atoms with van der Waals surface area (Å²) in [5.41, 5.74) is 1.76. The molecule has 0 bridgehead atoms. The first-order chi connectivity index (χ1) is 13.0. The highest BCUT2D eigenvalue weighted by atomic mass is 16.6. The number of nitro benzene ring substituents is 1. The SMILES string of the molecule is Cc1cccc(OCC(=O)Nc2cc3c(cc2[N+](=O)[O-])OCCCO3)c1C. The maximum atomic E-state index is 12.3. The van der Waals surface area contributed by atoms with E-state index < -0.39 is 10.8 Å². The molecular formula is C19H20N2O6. The molecule has 0 spiro atoms. The molecule has 0 saturated carbocycles. The number of anilines is 1. The normalized spacial score (nSPS) is 12.8. The Morgan fingerprint density at radius 3 is 2.63 bits per heavy atom. The van der Waals surface area contributed by atoms with Crippen LogP contribution < -0.4 is 19.5 Å². The molecule has 1 N–H and O–H groups in total. The van der Waals surface area contributed by atoms with Crippen molar-refractivity contribution in [2.45, 2.75) is 20.3 Å². The fraction of sp³-hybridized carbons (Fsp3) is 0.316. The third kappa shape index (κ3) is 4.28. The summed E-state index contributed by atoms with van der Waals surface area (Å²) >= 11 is 0. The fourth-order valence-corrected chi connectivity index (χ4v) is 2.66. The van der Waals surface area contributed by atoms with E-state index in [2.05, 4.69) is 5.32 Å². The molecule has 1 heterocycles. The van der Waals surface area contributed by atoms with Crippen LogP contribution in [0.2, 0.25) is 0 Å². The summed E-state index contributed by atoms with van der Waals surface area (Å²) in [5.74, 6) is 0.750. The lowest BCUT2D eigenvalue weighted by atomic mass is 10.1.